The van der Waals surface area contributed by atoms with Crippen molar-refractivity contribution in [2.24, 2.45) is 0 Å². The van der Waals surface area contributed by atoms with Crippen LogP contribution in [0.4, 0.5) is 4.39 Å². The highest BCUT2D eigenvalue weighted by molar-refractivity contribution is 7.21. The molecule has 0 saturated carbocycles. The fourth-order valence-electron chi connectivity index (χ4n) is 2.87. The Hall–Kier alpha value is -2.51. The maximum atomic E-state index is 14.4. The van der Waals surface area contributed by atoms with Crippen LogP contribution in [0.3, 0.4) is 0 Å². The SMILES string of the molecule is CCOc1cc2sc(-c3cc(C)cc4nc(OC)cnc34)nc2c(Cl)c1F. The van der Waals surface area contributed by atoms with Crippen LogP contribution in [-0.4, -0.2) is 28.7 Å². The Morgan fingerprint density at radius 2 is 2.00 bits per heavy atom. The van der Waals surface area contributed by atoms with Gasteiger partial charge in [-0.05, 0) is 31.5 Å². The summed E-state index contributed by atoms with van der Waals surface area (Å²) < 4.78 is 25.6. The van der Waals surface area contributed by atoms with Crippen molar-refractivity contribution in [3.63, 3.8) is 0 Å². The van der Waals surface area contributed by atoms with Gasteiger partial charge in [-0.1, -0.05) is 11.6 Å². The average Bonchev–Trinajstić information content (AvgIpc) is 3.09. The molecule has 0 aliphatic heterocycles. The lowest BCUT2D eigenvalue weighted by Crippen LogP contribution is -1.95. The number of thiazole rings is 1. The zero-order chi connectivity index (χ0) is 19.1. The number of methoxy groups -OCH3 is 1. The number of aromatic nitrogens is 3. The molecular weight excluding hydrogens is 389 g/mol. The smallest absolute Gasteiger partial charge is 0.232 e. The molecule has 0 amide bonds. The van der Waals surface area contributed by atoms with Crippen molar-refractivity contribution in [1.82, 2.24) is 15.0 Å². The van der Waals surface area contributed by atoms with Gasteiger partial charge in [-0.2, -0.15) is 0 Å². The Kier molecular flexibility index (Phi) is 4.57. The third-order valence-corrected chi connectivity index (χ3v) is 5.42. The van der Waals surface area contributed by atoms with Gasteiger partial charge in [0.2, 0.25) is 5.88 Å². The van der Waals surface area contributed by atoms with Gasteiger partial charge in [-0.15, -0.1) is 11.3 Å². The lowest BCUT2D eigenvalue weighted by Gasteiger charge is -2.06. The molecule has 138 valence electrons. The molecule has 0 aliphatic carbocycles. The maximum absolute atomic E-state index is 14.4. The monoisotopic (exact) mass is 403 g/mol. The second-order valence-corrected chi connectivity index (χ2v) is 7.30. The second-order valence-electron chi connectivity index (χ2n) is 5.89. The average molecular weight is 404 g/mol. The van der Waals surface area contributed by atoms with Gasteiger partial charge < -0.3 is 9.47 Å². The first kappa shape index (κ1) is 17.9. The van der Waals surface area contributed by atoms with Gasteiger partial charge in [-0.3, -0.25) is 0 Å². The minimum absolute atomic E-state index is 0.0387. The van der Waals surface area contributed by atoms with E-state index >= 15 is 0 Å². The first-order valence-corrected chi connectivity index (χ1v) is 9.44. The Bertz CT molecular complexity index is 1180. The van der Waals surface area contributed by atoms with Crippen molar-refractivity contribution >= 4 is 44.2 Å². The van der Waals surface area contributed by atoms with Crippen LogP contribution in [0.15, 0.2) is 24.4 Å². The predicted molar refractivity (Wildman–Crippen MR) is 106 cm³/mol. The normalized spacial score (nSPS) is 11.3. The summed E-state index contributed by atoms with van der Waals surface area (Å²) in [6.45, 7) is 4.11. The Labute approximate surface area is 163 Å². The minimum Gasteiger partial charge on any atom is -0.491 e. The van der Waals surface area contributed by atoms with E-state index in [0.29, 0.717) is 34.0 Å². The molecule has 0 N–H and O–H groups in total. The van der Waals surface area contributed by atoms with Crippen molar-refractivity contribution in [2.75, 3.05) is 13.7 Å². The van der Waals surface area contributed by atoms with Crippen LogP contribution < -0.4 is 9.47 Å². The summed E-state index contributed by atoms with van der Waals surface area (Å²) >= 11 is 7.61. The van der Waals surface area contributed by atoms with E-state index in [1.54, 1.807) is 26.3 Å². The van der Waals surface area contributed by atoms with Gasteiger partial charge in [0.15, 0.2) is 11.6 Å². The number of hydrogen-bond donors (Lipinski definition) is 0. The standard InChI is InChI=1S/C19H15ClFN3O2S/c1-4-26-12-7-13-18(15(20)16(12)21)24-19(27-13)10-5-9(2)6-11-17(10)22-8-14(23-11)25-3/h5-8H,4H2,1-3H3. The van der Waals surface area contributed by atoms with Gasteiger partial charge in [0.1, 0.15) is 15.5 Å². The number of ether oxygens (including phenoxy) is 2. The molecule has 0 fully saturated rings. The molecular formula is C19H15ClFN3O2S. The van der Waals surface area contributed by atoms with Gasteiger partial charge in [0.25, 0.3) is 0 Å². The third kappa shape index (κ3) is 3.07. The topological polar surface area (TPSA) is 57.1 Å². The van der Waals surface area contributed by atoms with Crippen LogP contribution in [0.2, 0.25) is 5.02 Å². The summed E-state index contributed by atoms with van der Waals surface area (Å²) in [5, 5.41) is 0.649. The van der Waals surface area contributed by atoms with E-state index in [2.05, 4.69) is 15.0 Å². The first-order valence-electron chi connectivity index (χ1n) is 8.25. The molecule has 0 saturated heterocycles. The molecule has 2 aromatic heterocycles. The van der Waals surface area contributed by atoms with Crippen LogP contribution in [0.1, 0.15) is 12.5 Å². The van der Waals surface area contributed by atoms with Crippen LogP contribution in [-0.2, 0) is 0 Å². The molecule has 0 atom stereocenters. The second kappa shape index (κ2) is 6.90. The molecule has 2 heterocycles. The zero-order valence-corrected chi connectivity index (χ0v) is 16.4. The van der Waals surface area contributed by atoms with Gasteiger partial charge in [0, 0.05) is 11.6 Å². The van der Waals surface area contributed by atoms with Crippen LogP contribution >= 0.6 is 22.9 Å². The quantitative estimate of drug-likeness (QED) is 0.455. The van der Waals surface area contributed by atoms with Crippen molar-refractivity contribution in [2.45, 2.75) is 13.8 Å². The van der Waals surface area contributed by atoms with E-state index in [4.69, 9.17) is 21.1 Å². The number of halogens is 2. The number of nitrogens with zero attached hydrogens (tertiary/aromatic N) is 3. The molecule has 0 aliphatic rings. The number of hydrogen-bond acceptors (Lipinski definition) is 6. The molecule has 5 nitrogen and oxygen atoms in total. The van der Waals surface area contributed by atoms with Gasteiger partial charge in [0.05, 0.1) is 35.6 Å². The van der Waals surface area contributed by atoms with Gasteiger partial charge >= 0.3 is 0 Å². The third-order valence-electron chi connectivity index (χ3n) is 4.04. The lowest BCUT2D eigenvalue weighted by atomic mass is 10.1. The first-order chi connectivity index (χ1) is 13.0. The number of aryl methyl sites for hydroxylation is 1. The summed E-state index contributed by atoms with van der Waals surface area (Å²) in [7, 11) is 1.55. The van der Waals surface area contributed by atoms with Crippen LogP contribution in [0.25, 0.3) is 31.8 Å². The van der Waals surface area contributed by atoms with Gasteiger partial charge in [-0.25, -0.2) is 19.3 Å². The Balaban J connectivity index is 1.96. The fraction of sp³-hybridized carbons (Fsp3) is 0.211. The number of benzene rings is 2. The molecule has 0 bridgehead atoms. The van der Waals surface area contributed by atoms with E-state index < -0.39 is 5.82 Å². The highest BCUT2D eigenvalue weighted by Gasteiger charge is 2.19. The summed E-state index contributed by atoms with van der Waals surface area (Å²) in [6, 6.07) is 5.55. The van der Waals surface area contributed by atoms with E-state index in [0.717, 1.165) is 15.8 Å². The summed E-state index contributed by atoms with van der Waals surface area (Å²) in [4.78, 5) is 13.5. The van der Waals surface area contributed by atoms with E-state index in [1.807, 2.05) is 19.1 Å². The Morgan fingerprint density at radius 1 is 1.19 bits per heavy atom. The lowest BCUT2D eigenvalue weighted by molar-refractivity contribution is 0.322. The molecule has 8 heteroatoms. The molecule has 4 aromatic rings. The van der Waals surface area contributed by atoms with Crippen molar-refractivity contribution < 1.29 is 13.9 Å². The maximum Gasteiger partial charge on any atom is 0.232 e. The molecule has 2 aromatic carbocycles. The molecule has 4 rings (SSSR count). The predicted octanol–water partition coefficient (Wildman–Crippen LogP) is 5.41. The van der Waals surface area contributed by atoms with E-state index in [1.165, 1.54) is 11.3 Å². The molecule has 27 heavy (non-hydrogen) atoms. The summed E-state index contributed by atoms with van der Waals surface area (Å²) in [5.74, 6) is -0.0276. The molecule has 0 radical (unpaired) electrons. The van der Waals surface area contributed by atoms with Crippen LogP contribution in [0, 0.1) is 12.7 Å². The van der Waals surface area contributed by atoms with Crippen molar-refractivity contribution in [3.8, 4) is 22.2 Å². The highest BCUT2D eigenvalue weighted by atomic mass is 35.5. The molecule has 0 unspecified atom stereocenters. The number of rotatable bonds is 4. The zero-order valence-electron chi connectivity index (χ0n) is 14.8. The highest BCUT2D eigenvalue weighted by Crippen LogP contribution is 2.40. The number of fused-ring (bicyclic) bond motifs is 2. The summed E-state index contributed by atoms with van der Waals surface area (Å²) in [5.41, 5.74) is 3.63. The van der Waals surface area contributed by atoms with Crippen LogP contribution in [0.5, 0.6) is 11.6 Å². The summed E-state index contributed by atoms with van der Waals surface area (Å²) in [6.07, 6.45) is 1.56. The fourth-order valence-corrected chi connectivity index (χ4v) is 4.18. The Morgan fingerprint density at radius 3 is 2.74 bits per heavy atom. The van der Waals surface area contributed by atoms with Crippen molar-refractivity contribution in [1.29, 1.82) is 0 Å². The van der Waals surface area contributed by atoms with E-state index in [9.17, 15) is 4.39 Å². The largest absolute Gasteiger partial charge is 0.491 e. The van der Waals surface area contributed by atoms with Crippen molar-refractivity contribution in [3.05, 3.63) is 40.8 Å². The van der Waals surface area contributed by atoms with E-state index in [-0.39, 0.29) is 10.8 Å². The minimum atomic E-state index is -0.596. The molecule has 0 spiro atoms.